The number of amides is 2. The van der Waals surface area contributed by atoms with Gasteiger partial charge in [0.05, 0.1) is 29.4 Å². The van der Waals surface area contributed by atoms with Gasteiger partial charge in [-0.25, -0.2) is 0 Å². The summed E-state index contributed by atoms with van der Waals surface area (Å²) in [6.07, 6.45) is 0.161. The quantitative estimate of drug-likeness (QED) is 0.925. The van der Waals surface area contributed by atoms with Gasteiger partial charge in [0.2, 0.25) is 11.8 Å². The number of methoxy groups -OCH3 is 1. The van der Waals surface area contributed by atoms with Crippen LogP contribution in [0.5, 0.6) is 5.75 Å². The lowest BCUT2D eigenvalue weighted by molar-refractivity contribution is -0.122. The molecule has 5 nitrogen and oxygen atoms in total. The van der Waals surface area contributed by atoms with Gasteiger partial charge >= 0.3 is 0 Å². The minimum Gasteiger partial charge on any atom is -0.495 e. The van der Waals surface area contributed by atoms with Gasteiger partial charge in [0, 0.05) is 13.0 Å². The van der Waals surface area contributed by atoms with E-state index in [0.29, 0.717) is 28.7 Å². The van der Waals surface area contributed by atoms with Crippen LogP contribution in [0.25, 0.3) is 0 Å². The number of carbonyl (C=O) groups is 2. The van der Waals surface area contributed by atoms with Crippen LogP contribution in [0, 0.1) is 5.92 Å². The monoisotopic (exact) mass is 344 g/mol. The number of para-hydroxylation sites is 3. The molecule has 2 aromatic carbocycles. The van der Waals surface area contributed by atoms with Gasteiger partial charge in [0.25, 0.3) is 0 Å². The van der Waals surface area contributed by atoms with E-state index in [1.807, 2.05) is 18.2 Å². The van der Waals surface area contributed by atoms with Crippen molar-refractivity contribution in [3.05, 3.63) is 53.6 Å². The maximum absolute atomic E-state index is 12.5. The first kappa shape index (κ1) is 16.3. The molecule has 2 aromatic rings. The molecule has 1 saturated heterocycles. The highest BCUT2D eigenvalue weighted by atomic mass is 35.5. The average Bonchev–Trinajstić information content (AvgIpc) is 2.98. The smallest absolute Gasteiger partial charge is 0.229 e. The Kier molecular flexibility index (Phi) is 4.71. The topological polar surface area (TPSA) is 58.6 Å². The summed E-state index contributed by atoms with van der Waals surface area (Å²) in [4.78, 5) is 26.4. The zero-order valence-electron chi connectivity index (χ0n) is 13.2. The summed E-state index contributed by atoms with van der Waals surface area (Å²) in [5.41, 5.74) is 1.23. The maximum Gasteiger partial charge on any atom is 0.229 e. The van der Waals surface area contributed by atoms with Crippen LogP contribution in [0.4, 0.5) is 11.4 Å². The summed E-state index contributed by atoms with van der Waals surface area (Å²) in [5, 5.41) is 3.26. The van der Waals surface area contributed by atoms with Crippen molar-refractivity contribution in [2.24, 2.45) is 5.92 Å². The third-order valence-electron chi connectivity index (χ3n) is 4.00. The van der Waals surface area contributed by atoms with Crippen molar-refractivity contribution in [2.45, 2.75) is 6.42 Å². The second kappa shape index (κ2) is 6.93. The van der Waals surface area contributed by atoms with Crippen LogP contribution in [-0.2, 0) is 9.59 Å². The first-order valence-electron chi connectivity index (χ1n) is 7.59. The first-order chi connectivity index (χ1) is 11.6. The molecule has 1 atom stereocenters. The van der Waals surface area contributed by atoms with Gasteiger partial charge in [-0.1, -0.05) is 35.9 Å². The molecule has 1 fully saturated rings. The Bertz CT molecular complexity index is 778. The molecule has 1 heterocycles. The lowest BCUT2D eigenvalue weighted by atomic mass is 10.1. The van der Waals surface area contributed by atoms with E-state index < -0.39 is 5.92 Å². The molecule has 0 bridgehead atoms. The molecule has 1 aliphatic heterocycles. The molecule has 0 spiro atoms. The number of carbonyl (C=O) groups excluding carboxylic acids is 2. The number of nitrogens with one attached hydrogen (secondary N) is 1. The van der Waals surface area contributed by atoms with E-state index in [9.17, 15) is 9.59 Å². The molecule has 24 heavy (non-hydrogen) atoms. The molecule has 2 amide bonds. The van der Waals surface area contributed by atoms with Crippen molar-refractivity contribution in [3.63, 3.8) is 0 Å². The first-order valence-corrected chi connectivity index (χ1v) is 7.96. The van der Waals surface area contributed by atoms with E-state index >= 15 is 0 Å². The summed E-state index contributed by atoms with van der Waals surface area (Å²) < 4.78 is 5.30. The highest BCUT2D eigenvalue weighted by Gasteiger charge is 2.36. The van der Waals surface area contributed by atoms with Gasteiger partial charge in [0.1, 0.15) is 5.75 Å². The second-order valence-corrected chi connectivity index (χ2v) is 5.95. The van der Waals surface area contributed by atoms with Gasteiger partial charge in [-0.2, -0.15) is 0 Å². The van der Waals surface area contributed by atoms with Crippen LogP contribution >= 0.6 is 11.6 Å². The molecule has 0 saturated carbocycles. The van der Waals surface area contributed by atoms with Crippen LogP contribution in [0.1, 0.15) is 6.42 Å². The molecule has 124 valence electrons. The van der Waals surface area contributed by atoms with Crippen LogP contribution in [-0.4, -0.2) is 25.5 Å². The van der Waals surface area contributed by atoms with E-state index in [1.165, 1.54) is 0 Å². The Labute approximate surface area is 145 Å². The largest absolute Gasteiger partial charge is 0.495 e. The van der Waals surface area contributed by atoms with Crippen molar-refractivity contribution >= 4 is 34.8 Å². The van der Waals surface area contributed by atoms with Crippen molar-refractivity contribution in [2.75, 3.05) is 23.9 Å². The van der Waals surface area contributed by atoms with E-state index in [-0.39, 0.29) is 18.2 Å². The van der Waals surface area contributed by atoms with Gasteiger partial charge in [-0.15, -0.1) is 0 Å². The Morgan fingerprint density at radius 2 is 1.92 bits per heavy atom. The Morgan fingerprint density at radius 1 is 1.21 bits per heavy atom. The number of hydrogen-bond donors (Lipinski definition) is 1. The third kappa shape index (κ3) is 3.21. The van der Waals surface area contributed by atoms with Crippen molar-refractivity contribution < 1.29 is 14.3 Å². The fourth-order valence-corrected chi connectivity index (χ4v) is 2.95. The minimum atomic E-state index is -0.432. The molecular formula is C18H17ClN2O3. The lowest BCUT2D eigenvalue weighted by Gasteiger charge is -2.19. The number of hydrogen-bond acceptors (Lipinski definition) is 3. The lowest BCUT2D eigenvalue weighted by Crippen LogP contribution is -2.28. The Balaban J connectivity index is 1.75. The number of rotatable bonds is 4. The molecule has 6 heteroatoms. The highest BCUT2D eigenvalue weighted by molar-refractivity contribution is 6.33. The van der Waals surface area contributed by atoms with Crippen LogP contribution in [0.3, 0.4) is 0 Å². The SMILES string of the molecule is COc1ccccc1N1C[C@H](C(=O)Nc2ccccc2Cl)CC1=O. The highest BCUT2D eigenvalue weighted by Crippen LogP contribution is 2.33. The van der Waals surface area contributed by atoms with Gasteiger partial charge in [-0.3, -0.25) is 9.59 Å². The summed E-state index contributed by atoms with van der Waals surface area (Å²) in [6.45, 7) is 0.315. The molecule has 1 N–H and O–H groups in total. The summed E-state index contributed by atoms with van der Waals surface area (Å²) >= 11 is 6.06. The fraction of sp³-hybridized carbons (Fsp3) is 0.222. The van der Waals surface area contributed by atoms with E-state index in [0.717, 1.165) is 0 Å². The third-order valence-corrected chi connectivity index (χ3v) is 4.33. The molecule has 1 aliphatic rings. The molecule has 0 radical (unpaired) electrons. The summed E-state index contributed by atoms with van der Waals surface area (Å²) in [5.74, 6) is -0.135. The van der Waals surface area contributed by atoms with Crippen LogP contribution in [0.2, 0.25) is 5.02 Å². The van der Waals surface area contributed by atoms with Gasteiger partial charge in [0.15, 0.2) is 0 Å². The van der Waals surface area contributed by atoms with Crippen LogP contribution < -0.4 is 15.0 Å². The average molecular weight is 345 g/mol. The normalized spacial score (nSPS) is 17.0. The van der Waals surface area contributed by atoms with Crippen molar-refractivity contribution in [1.29, 1.82) is 0 Å². The van der Waals surface area contributed by atoms with Gasteiger partial charge < -0.3 is 15.0 Å². The number of ether oxygens (including phenoxy) is 1. The Hall–Kier alpha value is -2.53. The molecular weight excluding hydrogens is 328 g/mol. The molecule has 0 unspecified atom stereocenters. The van der Waals surface area contributed by atoms with E-state index in [2.05, 4.69) is 5.32 Å². The maximum atomic E-state index is 12.5. The minimum absolute atomic E-state index is 0.0983. The van der Waals surface area contributed by atoms with Crippen molar-refractivity contribution in [3.8, 4) is 5.75 Å². The predicted molar refractivity (Wildman–Crippen MR) is 93.5 cm³/mol. The van der Waals surface area contributed by atoms with Crippen LogP contribution in [0.15, 0.2) is 48.5 Å². The molecule has 0 aromatic heterocycles. The zero-order chi connectivity index (χ0) is 17.1. The number of anilines is 2. The van der Waals surface area contributed by atoms with E-state index in [4.69, 9.17) is 16.3 Å². The Morgan fingerprint density at radius 3 is 2.67 bits per heavy atom. The summed E-state index contributed by atoms with van der Waals surface area (Å²) in [6, 6.07) is 14.3. The predicted octanol–water partition coefficient (Wildman–Crippen LogP) is 3.34. The second-order valence-electron chi connectivity index (χ2n) is 5.55. The molecule has 0 aliphatic carbocycles. The summed E-state index contributed by atoms with van der Waals surface area (Å²) in [7, 11) is 1.56. The fourth-order valence-electron chi connectivity index (χ4n) is 2.77. The molecule has 3 rings (SSSR count). The van der Waals surface area contributed by atoms with Gasteiger partial charge in [-0.05, 0) is 24.3 Å². The zero-order valence-corrected chi connectivity index (χ0v) is 13.9. The number of nitrogens with zero attached hydrogens (tertiary/aromatic N) is 1. The van der Waals surface area contributed by atoms with Crippen molar-refractivity contribution in [1.82, 2.24) is 0 Å². The van der Waals surface area contributed by atoms with E-state index in [1.54, 1.807) is 42.3 Å². The standard InChI is InChI=1S/C18H17ClN2O3/c1-24-16-9-5-4-8-15(16)21-11-12(10-17(21)22)18(23)20-14-7-3-2-6-13(14)19/h2-9,12H,10-11H2,1H3,(H,20,23)/t12-/m1/s1. The number of benzene rings is 2. The number of halogens is 1.